The van der Waals surface area contributed by atoms with E-state index in [1.165, 1.54) is 16.1 Å². The molecule has 0 atom stereocenters. The van der Waals surface area contributed by atoms with Crippen molar-refractivity contribution in [1.29, 1.82) is 0 Å². The van der Waals surface area contributed by atoms with E-state index < -0.39 is 10.0 Å². The van der Waals surface area contributed by atoms with E-state index in [0.717, 1.165) is 24.1 Å². The van der Waals surface area contributed by atoms with Gasteiger partial charge in [0.05, 0.1) is 11.9 Å². The van der Waals surface area contributed by atoms with Crippen LogP contribution >= 0.6 is 0 Å². The summed E-state index contributed by atoms with van der Waals surface area (Å²) in [5.41, 5.74) is 3.75. The van der Waals surface area contributed by atoms with Gasteiger partial charge in [-0.15, -0.1) is 0 Å². The smallest absolute Gasteiger partial charge is 0.232 e. The summed E-state index contributed by atoms with van der Waals surface area (Å²) < 4.78 is 25.6. The third-order valence-corrected chi connectivity index (χ3v) is 5.64. The first kappa shape index (κ1) is 21.0. The van der Waals surface area contributed by atoms with Gasteiger partial charge in [-0.3, -0.25) is 9.10 Å². The van der Waals surface area contributed by atoms with E-state index in [-0.39, 0.29) is 18.9 Å². The van der Waals surface area contributed by atoms with Crippen LogP contribution in [0.15, 0.2) is 48.5 Å². The van der Waals surface area contributed by atoms with Gasteiger partial charge in [-0.1, -0.05) is 38.1 Å². The van der Waals surface area contributed by atoms with Crippen molar-refractivity contribution in [2.45, 2.75) is 39.5 Å². The Balaban J connectivity index is 1.93. The number of carbonyl (C=O) groups is 1. The van der Waals surface area contributed by atoms with Gasteiger partial charge in [0, 0.05) is 18.7 Å². The average molecular weight is 389 g/mol. The predicted molar refractivity (Wildman–Crippen MR) is 112 cm³/mol. The minimum atomic E-state index is -3.40. The Bertz CT molecular complexity index is 844. The van der Waals surface area contributed by atoms with E-state index in [1.54, 1.807) is 0 Å². The van der Waals surface area contributed by atoms with Crippen molar-refractivity contribution in [3.8, 4) is 0 Å². The van der Waals surface area contributed by atoms with Gasteiger partial charge in [0.25, 0.3) is 0 Å². The van der Waals surface area contributed by atoms with Crippen LogP contribution in [-0.2, 0) is 27.7 Å². The molecule has 2 rings (SSSR count). The van der Waals surface area contributed by atoms with Crippen LogP contribution in [0.2, 0.25) is 0 Å². The van der Waals surface area contributed by atoms with Crippen LogP contribution in [0.3, 0.4) is 0 Å². The molecule has 1 amide bonds. The Morgan fingerprint density at radius 3 is 1.93 bits per heavy atom. The van der Waals surface area contributed by atoms with Crippen molar-refractivity contribution >= 4 is 27.3 Å². The van der Waals surface area contributed by atoms with Crippen molar-refractivity contribution in [2.75, 3.05) is 22.4 Å². The molecule has 2 aromatic carbocycles. The number of hydrogen-bond donors (Lipinski definition) is 1. The molecule has 0 radical (unpaired) electrons. The first-order chi connectivity index (χ1) is 12.8. The zero-order valence-electron chi connectivity index (χ0n) is 16.2. The SMILES string of the molecule is CCc1ccc(NC(=O)CCCN(c2ccc(CC)cc2)S(C)(=O)=O)cc1. The highest BCUT2D eigenvalue weighted by Crippen LogP contribution is 2.19. The number of rotatable bonds is 9. The molecule has 0 spiro atoms. The summed E-state index contributed by atoms with van der Waals surface area (Å²) in [6.07, 6.45) is 3.75. The zero-order valence-corrected chi connectivity index (χ0v) is 17.1. The average Bonchev–Trinajstić information content (AvgIpc) is 2.65. The molecule has 2 aromatic rings. The van der Waals surface area contributed by atoms with Gasteiger partial charge >= 0.3 is 0 Å². The maximum absolute atomic E-state index is 12.1. The number of amides is 1. The third-order valence-electron chi connectivity index (χ3n) is 4.44. The van der Waals surface area contributed by atoms with Gasteiger partial charge in [-0.05, 0) is 54.7 Å². The van der Waals surface area contributed by atoms with Gasteiger partial charge < -0.3 is 5.32 Å². The van der Waals surface area contributed by atoms with Gasteiger partial charge in [0.1, 0.15) is 0 Å². The Kier molecular flexibility index (Phi) is 7.42. The topological polar surface area (TPSA) is 66.5 Å². The number of nitrogens with zero attached hydrogens (tertiary/aromatic N) is 1. The Hall–Kier alpha value is -2.34. The first-order valence-electron chi connectivity index (χ1n) is 9.29. The molecule has 27 heavy (non-hydrogen) atoms. The highest BCUT2D eigenvalue weighted by molar-refractivity contribution is 7.92. The molecule has 0 saturated carbocycles. The van der Waals surface area contributed by atoms with Crippen molar-refractivity contribution in [3.05, 3.63) is 59.7 Å². The molecule has 0 aromatic heterocycles. The van der Waals surface area contributed by atoms with Crippen LogP contribution in [0, 0.1) is 0 Å². The molecule has 0 unspecified atom stereocenters. The van der Waals surface area contributed by atoms with Crippen LogP contribution in [-0.4, -0.2) is 27.1 Å². The van der Waals surface area contributed by atoms with E-state index in [9.17, 15) is 13.2 Å². The zero-order chi connectivity index (χ0) is 19.9. The second-order valence-electron chi connectivity index (χ2n) is 6.56. The van der Waals surface area contributed by atoms with E-state index in [2.05, 4.69) is 19.2 Å². The fourth-order valence-corrected chi connectivity index (χ4v) is 3.78. The lowest BCUT2D eigenvalue weighted by molar-refractivity contribution is -0.116. The highest BCUT2D eigenvalue weighted by atomic mass is 32.2. The lowest BCUT2D eigenvalue weighted by Gasteiger charge is -2.22. The Morgan fingerprint density at radius 2 is 1.44 bits per heavy atom. The van der Waals surface area contributed by atoms with Crippen LogP contribution < -0.4 is 9.62 Å². The van der Waals surface area contributed by atoms with Crippen molar-refractivity contribution < 1.29 is 13.2 Å². The molecule has 5 nitrogen and oxygen atoms in total. The monoisotopic (exact) mass is 388 g/mol. The second kappa shape index (κ2) is 9.55. The molecule has 0 fully saturated rings. The third kappa shape index (κ3) is 6.40. The van der Waals surface area contributed by atoms with Crippen molar-refractivity contribution in [1.82, 2.24) is 0 Å². The van der Waals surface area contributed by atoms with Crippen molar-refractivity contribution in [2.24, 2.45) is 0 Å². The van der Waals surface area contributed by atoms with Crippen LogP contribution in [0.1, 0.15) is 37.8 Å². The summed E-state index contributed by atoms with van der Waals surface area (Å²) in [6, 6.07) is 15.2. The summed E-state index contributed by atoms with van der Waals surface area (Å²) in [4.78, 5) is 12.1. The molecule has 0 aliphatic heterocycles. The minimum Gasteiger partial charge on any atom is -0.326 e. The molecule has 0 aliphatic carbocycles. The predicted octanol–water partition coefficient (Wildman–Crippen LogP) is 4.00. The van der Waals surface area contributed by atoms with E-state index in [1.807, 2.05) is 48.5 Å². The highest BCUT2D eigenvalue weighted by Gasteiger charge is 2.17. The van der Waals surface area contributed by atoms with Crippen LogP contribution in [0.4, 0.5) is 11.4 Å². The normalized spacial score (nSPS) is 11.2. The quantitative estimate of drug-likeness (QED) is 0.706. The van der Waals surface area contributed by atoms with E-state index >= 15 is 0 Å². The van der Waals surface area contributed by atoms with Crippen LogP contribution in [0.25, 0.3) is 0 Å². The molecule has 0 heterocycles. The Labute approximate surface area is 162 Å². The summed E-state index contributed by atoms with van der Waals surface area (Å²) in [5, 5.41) is 2.85. The molecule has 0 bridgehead atoms. The molecule has 6 heteroatoms. The summed E-state index contributed by atoms with van der Waals surface area (Å²) in [6.45, 7) is 4.40. The van der Waals surface area contributed by atoms with E-state index in [4.69, 9.17) is 0 Å². The number of anilines is 2. The number of carbonyl (C=O) groups excluding carboxylic acids is 1. The molecule has 0 aliphatic rings. The number of sulfonamides is 1. The molecule has 1 N–H and O–H groups in total. The lowest BCUT2D eigenvalue weighted by Crippen LogP contribution is -2.31. The minimum absolute atomic E-state index is 0.117. The lowest BCUT2D eigenvalue weighted by atomic mass is 10.1. The number of benzene rings is 2. The standard InChI is InChI=1S/C21H28N2O3S/c1-4-17-8-12-19(13-9-17)22-21(24)7-6-16-23(27(3,25)26)20-14-10-18(5-2)11-15-20/h8-15H,4-7,16H2,1-3H3,(H,22,24). The summed E-state index contributed by atoms with van der Waals surface area (Å²) in [7, 11) is -3.40. The maximum atomic E-state index is 12.1. The number of aryl methyl sites for hydroxylation is 2. The maximum Gasteiger partial charge on any atom is 0.232 e. The van der Waals surface area contributed by atoms with Crippen LogP contribution in [0.5, 0.6) is 0 Å². The second-order valence-corrected chi connectivity index (χ2v) is 8.46. The number of nitrogens with one attached hydrogen (secondary N) is 1. The van der Waals surface area contributed by atoms with Gasteiger partial charge in [0.2, 0.25) is 15.9 Å². The fraction of sp³-hybridized carbons (Fsp3) is 0.381. The number of hydrogen-bond acceptors (Lipinski definition) is 3. The molecular weight excluding hydrogens is 360 g/mol. The van der Waals surface area contributed by atoms with Crippen molar-refractivity contribution in [3.63, 3.8) is 0 Å². The van der Waals surface area contributed by atoms with Gasteiger partial charge in [0.15, 0.2) is 0 Å². The van der Waals surface area contributed by atoms with Gasteiger partial charge in [-0.25, -0.2) is 8.42 Å². The molecular formula is C21H28N2O3S. The molecule has 146 valence electrons. The summed E-state index contributed by atoms with van der Waals surface area (Å²) in [5.74, 6) is -0.117. The summed E-state index contributed by atoms with van der Waals surface area (Å²) >= 11 is 0. The molecule has 0 saturated heterocycles. The van der Waals surface area contributed by atoms with Gasteiger partial charge in [-0.2, -0.15) is 0 Å². The largest absolute Gasteiger partial charge is 0.326 e. The fourth-order valence-electron chi connectivity index (χ4n) is 2.81. The van der Waals surface area contributed by atoms with E-state index in [0.29, 0.717) is 12.1 Å². The first-order valence-corrected chi connectivity index (χ1v) is 11.1. The Morgan fingerprint density at radius 1 is 0.926 bits per heavy atom.